The Morgan fingerprint density at radius 1 is 0.252 bits per heavy atom. The molecule has 10 aromatic rings. The fraction of sp³-hybridized carbons (Fsp3) is 0.306. The number of phenols is 5. The SMILES string of the molecule is C/C=C1/C(=O)N(c2cc(OC)c(OC)c(OC)c2)[C@H]1c1ccc(OC)c(O)c1.C/C=C1\C(=O)N(c2cc(OC)c(OC)c(OC)c2)[C@H]1c1ccc(OC)c(O)c1.C=C1C(=O)N(c2ccc(OC)cc2)[C@H]1c1ccc(OC)c(O)c1.COc1ccc([C@H]2/C(=C/C[Si](C)(C)C)C(=O)N2c2cc(OC)c(OC)c(OC)c2)cc1O.COc1ccc([C@H]2/C(=C\C[Si](C)(C)C)C(=O)N2c2cc(OC)c(OC)c(OC)c2)cc1O. The van der Waals surface area contributed by atoms with Gasteiger partial charge in [0.15, 0.2) is 103 Å². The number of carbonyl (C=O) groups is 5. The summed E-state index contributed by atoms with van der Waals surface area (Å²) in [6.07, 6.45) is 7.66. The topological polar surface area (TPSA) is 369 Å². The Morgan fingerprint density at radius 2 is 0.455 bits per heavy atom. The summed E-state index contributed by atoms with van der Waals surface area (Å²) < 4.78 is 95.8. The van der Waals surface area contributed by atoms with Crippen molar-refractivity contribution in [3.05, 3.63) is 250 Å². The molecule has 0 unspecified atom stereocenters. The average molecular weight is 2000 g/mol. The van der Waals surface area contributed by atoms with Gasteiger partial charge in [-0.25, -0.2) is 0 Å². The Balaban J connectivity index is 0.000000171. The molecule has 758 valence electrons. The van der Waals surface area contributed by atoms with Crippen LogP contribution in [0.4, 0.5) is 28.4 Å². The van der Waals surface area contributed by atoms with Crippen LogP contribution in [0.15, 0.2) is 223 Å². The van der Waals surface area contributed by atoms with Gasteiger partial charge >= 0.3 is 0 Å². The van der Waals surface area contributed by atoms with Crippen LogP contribution in [0.25, 0.3) is 0 Å². The van der Waals surface area contributed by atoms with E-state index in [0.717, 1.165) is 51.3 Å². The monoisotopic (exact) mass is 2000 g/mol. The quantitative estimate of drug-likeness (QED) is 0.0148. The highest BCUT2D eigenvalue weighted by atomic mass is 28.3. The van der Waals surface area contributed by atoms with Gasteiger partial charge < -0.3 is 111 Å². The van der Waals surface area contributed by atoms with E-state index in [-0.39, 0.29) is 88.5 Å². The number of hydrogen-bond donors (Lipinski definition) is 5. The highest BCUT2D eigenvalue weighted by molar-refractivity contribution is 6.77. The smallest absolute Gasteiger partial charge is 0.257 e. The van der Waals surface area contributed by atoms with Crippen molar-refractivity contribution in [1.29, 1.82) is 0 Å². The number of rotatable bonds is 32. The first-order valence-corrected chi connectivity index (χ1v) is 52.6. The lowest BCUT2D eigenvalue weighted by molar-refractivity contribution is -0.119. The summed E-state index contributed by atoms with van der Waals surface area (Å²) in [5.41, 5.74) is 10.3. The molecule has 5 heterocycles. The standard InChI is InChI=1S/2C24H31NO6Si.2C21H23NO6.C18H17NO4/c2*1-28-19-9-8-15(12-18(19)26)22-17(10-11-32(5,6)7)24(27)25(22)16-13-20(29-2)23(31-4)21(14-16)30-3;2*1-6-14-19(12-7-8-16(25-2)15(23)9-12)22(21(14)24)13-10-17(26-3)20(28-5)18(11-13)27-4;1-11-17(12-4-9-16(23-3)15(20)10-12)19(18(11)21)13-5-7-14(22-2)8-6-13/h2*8-10,12-14,22,26H,11H2,1-7H3;2*6-11,19,23H,1-5H3;4-10,17,20H,1H2,2-3H3/b17-10+;17-10-;14-6+;14-6-;/t2*22-;2*19-;17-/m00001/s1. The number of amides is 5. The lowest BCUT2D eigenvalue weighted by Gasteiger charge is -2.43. The number of benzene rings is 10. The molecule has 5 atom stereocenters. The van der Waals surface area contributed by atoms with Crippen molar-refractivity contribution in [1.82, 2.24) is 0 Å². The fourth-order valence-corrected chi connectivity index (χ4v) is 18.7. The first kappa shape index (κ1) is 108. The Labute approximate surface area is 834 Å². The minimum absolute atomic E-state index is 0.0136. The molecule has 5 aliphatic heterocycles. The zero-order chi connectivity index (χ0) is 105. The van der Waals surface area contributed by atoms with Crippen LogP contribution in [0.3, 0.4) is 0 Å². The second-order valence-corrected chi connectivity index (χ2v) is 46.2. The molecule has 5 fully saturated rings. The number of nitrogens with zero attached hydrogens (tertiary/aromatic N) is 5. The molecule has 0 aromatic heterocycles. The van der Waals surface area contributed by atoms with Crippen molar-refractivity contribution in [2.45, 2.75) is 95.4 Å². The van der Waals surface area contributed by atoms with Crippen LogP contribution in [-0.4, -0.2) is 199 Å². The van der Waals surface area contributed by atoms with Gasteiger partial charge in [0.1, 0.15) is 5.75 Å². The van der Waals surface area contributed by atoms with E-state index < -0.39 is 16.1 Å². The number of methoxy groups -OCH3 is 18. The minimum Gasteiger partial charge on any atom is -0.504 e. The van der Waals surface area contributed by atoms with Crippen LogP contribution < -0.4 is 110 Å². The van der Waals surface area contributed by atoms with Crippen LogP contribution in [0.5, 0.6) is 132 Å². The van der Waals surface area contributed by atoms with Crippen LogP contribution in [0.2, 0.25) is 51.4 Å². The van der Waals surface area contributed by atoms with E-state index in [4.69, 9.17) is 85.3 Å². The number of β-lactam (4-membered cyclic amide) rings is 5. The summed E-state index contributed by atoms with van der Waals surface area (Å²) in [6.45, 7) is 21.1. The molecule has 10 aromatic carbocycles. The van der Waals surface area contributed by atoms with Crippen molar-refractivity contribution in [2.75, 3.05) is 152 Å². The Morgan fingerprint density at radius 3 is 0.643 bits per heavy atom. The van der Waals surface area contributed by atoms with Crippen molar-refractivity contribution in [3.63, 3.8) is 0 Å². The summed E-state index contributed by atoms with van der Waals surface area (Å²) in [6, 6.07) is 46.9. The molecule has 5 saturated heterocycles. The van der Waals surface area contributed by atoms with Crippen molar-refractivity contribution >= 4 is 74.1 Å². The van der Waals surface area contributed by atoms with E-state index in [2.05, 4.69) is 58.0 Å². The molecule has 0 spiro atoms. The lowest BCUT2D eigenvalue weighted by Crippen LogP contribution is -2.49. The summed E-state index contributed by atoms with van der Waals surface area (Å²) in [5.74, 6) is 7.66. The Bertz CT molecular complexity index is 6100. The highest BCUT2D eigenvalue weighted by Gasteiger charge is 2.50. The maximum atomic E-state index is 13.3. The van der Waals surface area contributed by atoms with Crippen LogP contribution in [0.1, 0.15) is 71.9 Å². The van der Waals surface area contributed by atoms with Gasteiger partial charge in [-0.2, -0.15) is 0 Å². The molecule has 0 radical (unpaired) electrons. The zero-order valence-electron chi connectivity index (χ0n) is 85.3. The van der Waals surface area contributed by atoms with Gasteiger partial charge in [0.05, 0.1) is 181 Å². The third-order valence-corrected chi connectivity index (χ3v) is 27.2. The van der Waals surface area contributed by atoms with Gasteiger partial charge in [0.25, 0.3) is 29.5 Å². The summed E-state index contributed by atoms with van der Waals surface area (Å²) >= 11 is 0. The molecule has 35 heteroatoms. The Hall–Kier alpha value is -15.9. The number of aromatic hydroxyl groups is 5. The second-order valence-electron chi connectivity index (χ2n) is 35.1. The van der Waals surface area contributed by atoms with Crippen LogP contribution >= 0.6 is 0 Å². The molecule has 33 nitrogen and oxygen atoms in total. The molecule has 5 aliphatic rings. The van der Waals surface area contributed by atoms with Crippen molar-refractivity contribution in [2.24, 2.45) is 0 Å². The van der Waals surface area contributed by atoms with Gasteiger partial charge in [-0.1, -0.05) is 100 Å². The molecule has 15 rings (SSSR count). The summed E-state index contributed by atoms with van der Waals surface area (Å²) in [5, 5.41) is 51.0. The van der Waals surface area contributed by atoms with E-state index in [0.29, 0.717) is 148 Å². The number of carbonyl (C=O) groups excluding carboxylic acids is 5. The molecular weight excluding hydrogens is 1870 g/mol. The number of allylic oxidation sites excluding steroid dienone is 4. The lowest BCUT2D eigenvalue weighted by atomic mass is 9.87. The van der Waals surface area contributed by atoms with Gasteiger partial charge in [-0.05, 0) is 139 Å². The largest absolute Gasteiger partial charge is 0.504 e. The average Bonchev–Trinajstić information content (AvgIpc) is 0.753. The molecule has 0 bridgehead atoms. The van der Waals surface area contributed by atoms with Gasteiger partial charge in [-0.15, -0.1) is 0 Å². The normalized spacial score (nSPS) is 17.2. The molecule has 143 heavy (non-hydrogen) atoms. The summed E-state index contributed by atoms with van der Waals surface area (Å²) in [7, 11) is 24.6. The van der Waals surface area contributed by atoms with Crippen molar-refractivity contribution < 1.29 is 135 Å². The first-order valence-electron chi connectivity index (χ1n) is 45.1. The second kappa shape index (κ2) is 46.4. The Kier molecular flexibility index (Phi) is 34.9. The van der Waals surface area contributed by atoms with E-state index in [1.54, 1.807) is 165 Å². The van der Waals surface area contributed by atoms with Gasteiger partial charge in [-0.3, -0.25) is 48.5 Å². The minimum atomic E-state index is -1.40. The van der Waals surface area contributed by atoms with E-state index in [9.17, 15) is 49.5 Å². The molecule has 5 N–H and O–H groups in total. The third-order valence-electron chi connectivity index (χ3n) is 24.3. The number of ether oxygens (including phenoxy) is 18. The predicted molar refractivity (Wildman–Crippen MR) is 551 cm³/mol. The maximum Gasteiger partial charge on any atom is 0.257 e. The molecule has 0 saturated carbocycles. The van der Waals surface area contributed by atoms with Gasteiger partial charge in [0, 0.05) is 98.2 Å². The van der Waals surface area contributed by atoms with Crippen LogP contribution in [0, 0.1) is 0 Å². The van der Waals surface area contributed by atoms with E-state index in [1.807, 2.05) is 56.3 Å². The summed E-state index contributed by atoms with van der Waals surface area (Å²) in [4.78, 5) is 72.7. The molecular formula is C108H125N5O28Si2. The number of anilines is 5. The third kappa shape index (κ3) is 22.3. The predicted octanol–water partition coefficient (Wildman–Crippen LogP) is 19.5. The van der Waals surface area contributed by atoms with Gasteiger partial charge in [0.2, 0.25) is 23.0 Å². The number of hydrogen-bond acceptors (Lipinski definition) is 28. The number of phenolic OH excluding ortho intramolecular Hbond substituents is 5. The maximum absolute atomic E-state index is 13.3. The molecule has 0 aliphatic carbocycles. The highest BCUT2D eigenvalue weighted by Crippen LogP contribution is 2.56. The van der Waals surface area contributed by atoms with Crippen molar-refractivity contribution in [3.8, 4) is 132 Å². The first-order chi connectivity index (χ1) is 68.3. The molecule has 5 amide bonds. The van der Waals surface area contributed by atoms with E-state index in [1.165, 1.54) is 121 Å². The van der Waals surface area contributed by atoms with Crippen LogP contribution in [-0.2, 0) is 24.0 Å². The zero-order valence-corrected chi connectivity index (χ0v) is 87.3. The van der Waals surface area contributed by atoms with E-state index >= 15 is 0 Å². The fourth-order valence-electron chi connectivity index (χ4n) is 17.0.